The summed E-state index contributed by atoms with van der Waals surface area (Å²) in [5.41, 5.74) is 9.16. The molecule has 5 aromatic rings. The van der Waals surface area contributed by atoms with Crippen LogP contribution in [0, 0.1) is 6.92 Å². The van der Waals surface area contributed by atoms with Crippen molar-refractivity contribution in [2.45, 2.75) is 19.3 Å². The number of rotatable bonds is 3. The topological polar surface area (TPSA) is 3.01 Å². The molecule has 33 heavy (non-hydrogen) atoms. The van der Waals surface area contributed by atoms with Crippen molar-refractivity contribution in [3.8, 4) is 0 Å². The fourth-order valence-electron chi connectivity index (χ4n) is 5.21. The molecule has 6 rings (SSSR count). The van der Waals surface area contributed by atoms with Gasteiger partial charge in [-0.15, -0.1) is 0 Å². The van der Waals surface area contributed by atoms with Gasteiger partial charge in [0.05, 0.1) is 0 Å². The molecule has 5 aromatic carbocycles. The third-order valence-electron chi connectivity index (χ3n) is 6.81. The zero-order chi connectivity index (χ0) is 22.2. The molecule has 1 heteroatoms. The molecule has 0 saturated heterocycles. The van der Waals surface area contributed by atoms with Crippen LogP contribution in [0.15, 0.2) is 121 Å². The summed E-state index contributed by atoms with van der Waals surface area (Å²) < 4.78 is 2.48. The van der Waals surface area contributed by atoms with E-state index >= 15 is 0 Å². The monoisotopic (exact) mass is 424 g/mol. The Balaban J connectivity index is 1.71. The molecule has 1 aliphatic heterocycles. The maximum Gasteiger partial charge on any atom is 0.215 e. The first-order valence-electron chi connectivity index (χ1n) is 11.6. The molecule has 0 aromatic heterocycles. The second-order valence-electron chi connectivity index (χ2n) is 8.87. The fourth-order valence-corrected chi connectivity index (χ4v) is 5.21. The highest BCUT2D eigenvalue weighted by atomic mass is 15.0. The normalized spacial score (nSPS) is 15.5. The summed E-state index contributed by atoms with van der Waals surface area (Å²) in [5, 5.41) is 2.64. The molecule has 1 atom stereocenters. The van der Waals surface area contributed by atoms with Gasteiger partial charge in [0, 0.05) is 41.7 Å². The molecule has 0 bridgehead atoms. The van der Waals surface area contributed by atoms with Crippen molar-refractivity contribution in [1.29, 1.82) is 0 Å². The SMILES string of the molecule is Cc1ccc([N+]2=C(c3ccccc3)CC(c3ccccc3)c3c2ccc2ccccc32)cc1. The smallest absolute Gasteiger partial charge is 0.157 e. The lowest BCUT2D eigenvalue weighted by molar-refractivity contribution is 0.807. The quantitative estimate of drug-likeness (QED) is 0.258. The summed E-state index contributed by atoms with van der Waals surface area (Å²) in [6.45, 7) is 2.15. The van der Waals surface area contributed by atoms with E-state index in [1.165, 1.54) is 50.1 Å². The first-order valence-corrected chi connectivity index (χ1v) is 11.6. The van der Waals surface area contributed by atoms with Crippen LogP contribution in [-0.4, -0.2) is 5.71 Å². The van der Waals surface area contributed by atoms with Gasteiger partial charge in [0.1, 0.15) is 0 Å². The Bertz CT molecular complexity index is 1460. The van der Waals surface area contributed by atoms with E-state index in [9.17, 15) is 0 Å². The van der Waals surface area contributed by atoms with Crippen molar-refractivity contribution < 1.29 is 0 Å². The third kappa shape index (κ3) is 3.47. The summed E-state index contributed by atoms with van der Waals surface area (Å²) in [4.78, 5) is 0. The molecular weight excluding hydrogens is 398 g/mol. The van der Waals surface area contributed by atoms with E-state index in [0.29, 0.717) is 5.92 Å². The van der Waals surface area contributed by atoms with Crippen LogP contribution in [0.25, 0.3) is 10.8 Å². The maximum atomic E-state index is 2.48. The molecular formula is C32H26N+. The minimum atomic E-state index is 0.296. The second-order valence-corrected chi connectivity index (χ2v) is 8.87. The first kappa shape index (κ1) is 19.7. The molecule has 0 saturated carbocycles. The third-order valence-corrected chi connectivity index (χ3v) is 6.81. The van der Waals surface area contributed by atoms with Gasteiger partial charge in [-0.05, 0) is 41.5 Å². The van der Waals surface area contributed by atoms with Crippen LogP contribution < -0.4 is 4.58 Å². The predicted octanol–water partition coefficient (Wildman–Crippen LogP) is 8.01. The summed E-state index contributed by atoms with van der Waals surface area (Å²) in [7, 11) is 0. The van der Waals surface area contributed by atoms with Crippen molar-refractivity contribution in [2.24, 2.45) is 0 Å². The molecule has 1 nitrogen and oxygen atoms in total. The Morgan fingerprint density at radius 2 is 1.30 bits per heavy atom. The standard InChI is InChI=1S/C32H26N/c1-23-16-19-27(20-17-23)33-30-21-18-25-12-8-9-15-28(25)32(30)29(24-10-4-2-5-11-24)22-31(33)26-13-6-3-7-14-26/h2-21,29H,22H2,1H3/q+1. The minimum Gasteiger partial charge on any atom is -0.157 e. The number of fused-ring (bicyclic) bond motifs is 3. The lowest BCUT2D eigenvalue weighted by Gasteiger charge is -2.27. The lowest BCUT2D eigenvalue weighted by atomic mass is 9.79. The van der Waals surface area contributed by atoms with E-state index in [0.717, 1.165) is 6.42 Å². The van der Waals surface area contributed by atoms with Gasteiger partial charge in [-0.25, -0.2) is 0 Å². The Labute approximate surface area is 195 Å². The van der Waals surface area contributed by atoms with Gasteiger partial charge >= 0.3 is 0 Å². The van der Waals surface area contributed by atoms with Gasteiger partial charge < -0.3 is 0 Å². The zero-order valence-electron chi connectivity index (χ0n) is 18.8. The Hall–Kier alpha value is -3.97. The van der Waals surface area contributed by atoms with Crippen LogP contribution in [0.2, 0.25) is 0 Å². The molecule has 1 heterocycles. The molecule has 1 unspecified atom stereocenters. The fraction of sp³-hybridized carbons (Fsp3) is 0.0938. The van der Waals surface area contributed by atoms with E-state index < -0.39 is 0 Å². The highest BCUT2D eigenvalue weighted by molar-refractivity contribution is 6.08. The number of aryl methyl sites for hydroxylation is 1. The van der Waals surface area contributed by atoms with Gasteiger partial charge in [-0.1, -0.05) is 90.5 Å². The predicted molar refractivity (Wildman–Crippen MR) is 140 cm³/mol. The van der Waals surface area contributed by atoms with E-state index in [4.69, 9.17) is 0 Å². The second kappa shape index (κ2) is 8.18. The highest BCUT2D eigenvalue weighted by Crippen LogP contribution is 2.44. The first-order chi connectivity index (χ1) is 16.3. The van der Waals surface area contributed by atoms with Crippen molar-refractivity contribution in [3.05, 3.63) is 144 Å². The van der Waals surface area contributed by atoms with Crippen molar-refractivity contribution in [2.75, 3.05) is 0 Å². The summed E-state index contributed by atoms with van der Waals surface area (Å²) in [6, 6.07) is 44.2. The molecule has 0 spiro atoms. The van der Waals surface area contributed by atoms with Crippen LogP contribution in [-0.2, 0) is 0 Å². The van der Waals surface area contributed by atoms with Crippen molar-refractivity contribution in [1.82, 2.24) is 4.58 Å². The van der Waals surface area contributed by atoms with Gasteiger partial charge in [0.25, 0.3) is 0 Å². The van der Waals surface area contributed by atoms with Crippen LogP contribution >= 0.6 is 0 Å². The number of hydrogen-bond acceptors (Lipinski definition) is 0. The maximum absolute atomic E-state index is 2.48. The van der Waals surface area contributed by atoms with Crippen LogP contribution in [0.4, 0.5) is 11.4 Å². The summed E-state index contributed by atoms with van der Waals surface area (Å²) >= 11 is 0. The van der Waals surface area contributed by atoms with E-state index in [1.54, 1.807) is 0 Å². The molecule has 0 N–H and O–H groups in total. The Kier molecular flexibility index (Phi) is 4.88. The van der Waals surface area contributed by atoms with Crippen LogP contribution in [0.3, 0.4) is 0 Å². The molecule has 0 radical (unpaired) electrons. The van der Waals surface area contributed by atoms with E-state index in [-0.39, 0.29) is 0 Å². The zero-order valence-corrected chi connectivity index (χ0v) is 18.8. The van der Waals surface area contributed by atoms with E-state index in [2.05, 4.69) is 133 Å². The lowest BCUT2D eigenvalue weighted by Crippen LogP contribution is -2.27. The number of hydrogen-bond donors (Lipinski definition) is 0. The average Bonchev–Trinajstić information content (AvgIpc) is 2.89. The molecule has 1 aliphatic rings. The van der Waals surface area contributed by atoms with Gasteiger partial charge in [-0.3, -0.25) is 0 Å². The van der Waals surface area contributed by atoms with Crippen molar-refractivity contribution >= 4 is 27.9 Å². The highest BCUT2D eigenvalue weighted by Gasteiger charge is 2.37. The average molecular weight is 425 g/mol. The number of nitrogens with zero attached hydrogens (tertiary/aromatic N) is 1. The van der Waals surface area contributed by atoms with Gasteiger partial charge in [-0.2, -0.15) is 4.58 Å². The molecule has 0 aliphatic carbocycles. The molecule has 158 valence electrons. The van der Waals surface area contributed by atoms with Gasteiger partial charge in [0.15, 0.2) is 5.71 Å². The summed E-state index contributed by atoms with van der Waals surface area (Å²) in [5.74, 6) is 0.296. The largest absolute Gasteiger partial charge is 0.215 e. The van der Waals surface area contributed by atoms with Crippen LogP contribution in [0.5, 0.6) is 0 Å². The Morgan fingerprint density at radius 3 is 2.06 bits per heavy atom. The van der Waals surface area contributed by atoms with E-state index in [1.807, 2.05) is 0 Å². The Morgan fingerprint density at radius 1 is 0.636 bits per heavy atom. The molecule has 0 fully saturated rings. The molecule has 0 amide bonds. The number of benzene rings is 5. The van der Waals surface area contributed by atoms with Crippen LogP contribution in [0.1, 0.15) is 34.6 Å². The summed E-state index contributed by atoms with van der Waals surface area (Å²) in [6.07, 6.45) is 0.947. The van der Waals surface area contributed by atoms with Crippen molar-refractivity contribution in [3.63, 3.8) is 0 Å². The minimum absolute atomic E-state index is 0.296. The van der Waals surface area contributed by atoms with Gasteiger partial charge in [0.2, 0.25) is 11.4 Å².